The maximum absolute atomic E-state index is 8.94. The average molecular weight is 245 g/mol. The maximum Gasteiger partial charge on any atom is 0.129 e. The molecule has 3 nitrogen and oxygen atoms in total. The molecule has 0 aliphatic heterocycles. The van der Waals surface area contributed by atoms with Gasteiger partial charge in [0, 0.05) is 5.69 Å². The lowest BCUT2D eigenvalue weighted by molar-refractivity contribution is 0.244. The molecule has 0 fully saturated rings. The highest BCUT2D eigenvalue weighted by Gasteiger charge is 2.06. The van der Waals surface area contributed by atoms with Gasteiger partial charge < -0.3 is 14.8 Å². The van der Waals surface area contributed by atoms with Crippen LogP contribution in [-0.2, 0) is 13.2 Å². The number of aliphatic hydroxyl groups is 1. The van der Waals surface area contributed by atoms with Crippen LogP contribution in [-0.4, -0.2) is 5.11 Å². The number of nitrogens with one attached hydrogen (secondary N) is 1. The first-order chi connectivity index (χ1) is 8.70. The number of anilines is 1. The minimum Gasteiger partial charge on any atom is -0.462 e. The summed E-state index contributed by atoms with van der Waals surface area (Å²) in [6.07, 6.45) is 0. The zero-order valence-corrected chi connectivity index (χ0v) is 10.8. The Bertz CT molecular complexity index is 503. The van der Waals surface area contributed by atoms with Gasteiger partial charge in [0.2, 0.25) is 0 Å². The van der Waals surface area contributed by atoms with Gasteiger partial charge in [0.25, 0.3) is 0 Å². The Morgan fingerprint density at radius 1 is 1.11 bits per heavy atom. The summed E-state index contributed by atoms with van der Waals surface area (Å²) in [5, 5.41) is 12.3. The van der Waals surface area contributed by atoms with Crippen molar-refractivity contribution in [3.8, 4) is 0 Å². The summed E-state index contributed by atoms with van der Waals surface area (Å²) in [5.41, 5.74) is 2.43. The van der Waals surface area contributed by atoms with E-state index < -0.39 is 0 Å². The second-order valence-corrected chi connectivity index (χ2v) is 4.62. The van der Waals surface area contributed by atoms with Crippen molar-refractivity contribution < 1.29 is 9.52 Å². The number of hydrogen-bond acceptors (Lipinski definition) is 3. The van der Waals surface area contributed by atoms with Gasteiger partial charge in [-0.15, -0.1) is 0 Å². The van der Waals surface area contributed by atoms with Gasteiger partial charge in [0.15, 0.2) is 0 Å². The molecular formula is C15H19NO2. The van der Waals surface area contributed by atoms with E-state index in [9.17, 15) is 0 Å². The molecular weight excluding hydrogens is 226 g/mol. The van der Waals surface area contributed by atoms with Crippen LogP contribution >= 0.6 is 0 Å². The highest BCUT2D eigenvalue weighted by molar-refractivity contribution is 5.52. The number of aliphatic hydroxyl groups excluding tert-OH is 1. The monoisotopic (exact) mass is 245 g/mol. The normalized spacial score (nSPS) is 10.9. The van der Waals surface area contributed by atoms with Gasteiger partial charge in [-0.25, -0.2) is 0 Å². The first-order valence-electron chi connectivity index (χ1n) is 6.22. The van der Waals surface area contributed by atoms with Crippen molar-refractivity contribution >= 4 is 5.69 Å². The lowest BCUT2D eigenvalue weighted by Crippen LogP contribution is -2.02. The molecule has 2 N–H and O–H groups in total. The predicted octanol–water partition coefficient (Wildman–Crippen LogP) is 3.51. The topological polar surface area (TPSA) is 45.4 Å². The molecule has 0 amide bonds. The smallest absolute Gasteiger partial charge is 0.129 e. The lowest BCUT2D eigenvalue weighted by atomic mass is 10.0. The third-order valence-corrected chi connectivity index (χ3v) is 2.91. The molecule has 0 atom stereocenters. The Hall–Kier alpha value is -1.74. The van der Waals surface area contributed by atoms with Crippen LogP contribution in [0.25, 0.3) is 0 Å². The van der Waals surface area contributed by atoms with E-state index >= 15 is 0 Å². The first kappa shape index (κ1) is 12.7. The quantitative estimate of drug-likeness (QED) is 0.847. The molecule has 0 aliphatic carbocycles. The molecule has 0 bridgehead atoms. The molecule has 96 valence electrons. The summed E-state index contributed by atoms with van der Waals surface area (Å²) in [6, 6.07) is 12.0. The van der Waals surface area contributed by atoms with Gasteiger partial charge in [-0.1, -0.05) is 32.0 Å². The van der Waals surface area contributed by atoms with Crippen LogP contribution in [0.2, 0.25) is 0 Å². The van der Waals surface area contributed by atoms with E-state index in [1.807, 2.05) is 12.1 Å². The molecule has 0 aliphatic rings. The summed E-state index contributed by atoms with van der Waals surface area (Å²) in [6.45, 7) is 4.93. The van der Waals surface area contributed by atoms with Crippen molar-refractivity contribution in [1.29, 1.82) is 0 Å². The SMILES string of the molecule is CC(C)c1ccccc1NCc1ccc(CO)o1. The van der Waals surface area contributed by atoms with Crippen LogP contribution in [0, 0.1) is 0 Å². The third kappa shape index (κ3) is 2.93. The summed E-state index contributed by atoms with van der Waals surface area (Å²) in [7, 11) is 0. The fourth-order valence-electron chi connectivity index (χ4n) is 1.95. The minimum absolute atomic E-state index is 0.0530. The molecule has 0 unspecified atom stereocenters. The van der Waals surface area contributed by atoms with E-state index in [1.165, 1.54) is 5.56 Å². The van der Waals surface area contributed by atoms with Gasteiger partial charge in [0.1, 0.15) is 18.1 Å². The van der Waals surface area contributed by atoms with Crippen molar-refractivity contribution in [3.05, 3.63) is 53.5 Å². The van der Waals surface area contributed by atoms with Crippen molar-refractivity contribution in [2.24, 2.45) is 0 Å². The van der Waals surface area contributed by atoms with Gasteiger partial charge in [-0.05, 0) is 29.7 Å². The largest absolute Gasteiger partial charge is 0.462 e. The highest BCUT2D eigenvalue weighted by Crippen LogP contribution is 2.24. The van der Waals surface area contributed by atoms with Crippen LogP contribution in [0.15, 0.2) is 40.8 Å². The molecule has 2 rings (SSSR count). The first-order valence-corrected chi connectivity index (χ1v) is 6.22. The summed E-state index contributed by atoms with van der Waals surface area (Å²) in [4.78, 5) is 0. The van der Waals surface area contributed by atoms with Gasteiger partial charge in [0.05, 0.1) is 6.54 Å². The van der Waals surface area contributed by atoms with Crippen LogP contribution in [0.3, 0.4) is 0 Å². The number of benzene rings is 1. The minimum atomic E-state index is -0.0530. The van der Waals surface area contributed by atoms with Gasteiger partial charge in [-0.3, -0.25) is 0 Å². The average Bonchev–Trinajstić information content (AvgIpc) is 2.84. The van der Waals surface area contributed by atoms with E-state index in [1.54, 1.807) is 6.07 Å². The van der Waals surface area contributed by atoms with Gasteiger partial charge >= 0.3 is 0 Å². The molecule has 0 saturated heterocycles. The third-order valence-electron chi connectivity index (χ3n) is 2.91. The van der Waals surface area contributed by atoms with E-state index in [0.717, 1.165) is 11.4 Å². The fraction of sp³-hybridized carbons (Fsp3) is 0.333. The van der Waals surface area contributed by atoms with Crippen LogP contribution in [0.5, 0.6) is 0 Å². The van der Waals surface area contributed by atoms with Crippen LogP contribution in [0.1, 0.15) is 36.8 Å². The number of hydrogen-bond donors (Lipinski definition) is 2. The number of rotatable bonds is 5. The van der Waals surface area contributed by atoms with Crippen LogP contribution < -0.4 is 5.32 Å². The Balaban J connectivity index is 2.05. The molecule has 3 heteroatoms. The molecule has 18 heavy (non-hydrogen) atoms. The Morgan fingerprint density at radius 2 is 1.83 bits per heavy atom. The van der Waals surface area contributed by atoms with E-state index in [2.05, 4.69) is 37.4 Å². The summed E-state index contributed by atoms with van der Waals surface area (Å²) >= 11 is 0. The highest BCUT2D eigenvalue weighted by atomic mass is 16.4. The van der Waals surface area contributed by atoms with E-state index in [4.69, 9.17) is 9.52 Å². The van der Waals surface area contributed by atoms with Crippen LogP contribution in [0.4, 0.5) is 5.69 Å². The standard InChI is InChI=1S/C15H19NO2/c1-11(2)14-5-3-4-6-15(14)16-9-12-7-8-13(10-17)18-12/h3-8,11,16-17H,9-10H2,1-2H3. The second kappa shape index (κ2) is 5.74. The molecule has 1 heterocycles. The summed E-state index contributed by atoms with van der Waals surface area (Å²) < 4.78 is 5.44. The Labute approximate surface area is 107 Å². The van der Waals surface area contributed by atoms with Crippen molar-refractivity contribution in [2.75, 3.05) is 5.32 Å². The molecule has 0 saturated carbocycles. The Morgan fingerprint density at radius 3 is 2.50 bits per heavy atom. The molecule has 1 aromatic heterocycles. The lowest BCUT2D eigenvalue weighted by Gasteiger charge is -2.13. The Kier molecular flexibility index (Phi) is 4.05. The number of furan rings is 1. The van der Waals surface area contributed by atoms with E-state index in [0.29, 0.717) is 18.2 Å². The fourth-order valence-corrected chi connectivity index (χ4v) is 1.95. The molecule has 1 aromatic carbocycles. The molecule has 0 radical (unpaired) electrons. The second-order valence-electron chi connectivity index (χ2n) is 4.62. The number of para-hydroxylation sites is 1. The van der Waals surface area contributed by atoms with Crippen molar-refractivity contribution in [1.82, 2.24) is 0 Å². The molecule has 0 spiro atoms. The van der Waals surface area contributed by atoms with Crippen molar-refractivity contribution in [2.45, 2.75) is 32.9 Å². The molecule has 2 aromatic rings. The van der Waals surface area contributed by atoms with Gasteiger partial charge in [-0.2, -0.15) is 0 Å². The predicted molar refractivity (Wildman–Crippen MR) is 72.5 cm³/mol. The summed E-state index contributed by atoms with van der Waals surface area (Å²) in [5.74, 6) is 1.92. The van der Waals surface area contributed by atoms with Crippen molar-refractivity contribution in [3.63, 3.8) is 0 Å². The zero-order valence-electron chi connectivity index (χ0n) is 10.8. The van der Waals surface area contributed by atoms with E-state index in [-0.39, 0.29) is 6.61 Å². The zero-order chi connectivity index (χ0) is 13.0. The maximum atomic E-state index is 8.94.